The quantitative estimate of drug-likeness (QED) is 0.0195. The van der Waals surface area contributed by atoms with Crippen LogP contribution in [-0.4, -0.2) is 82.3 Å². The molecule has 0 bridgehead atoms. The molecule has 0 aliphatic heterocycles. The summed E-state index contributed by atoms with van der Waals surface area (Å²) < 4.78 is 22.7. The molecule has 0 saturated heterocycles. The first-order valence-corrected chi connectivity index (χ1v) is 28.3. The monoisotopic (exact) mass is 958 g/mol. The van der Waals surface area contributed by atoms with E-state index in [1.165, 1.54) is 148 Å². The van der Waals surface area contributed by atoms with E-state index >= 15 is 0 Å². The summed E-state index contributed by atoms with van der Waals surface area (Å²) in [5, 5.41) is 11.7. The average Bonchev–Trinajstić information content (AvgIpc) is 3.30. The molecule has 2 unspecified atom stereocenters. The van der Waals surface area contributed by atoms with E-state index in [0.29, 0.717) is 17.4 Å². The van der Waals surface area contributed by atoms with Crippen LogP contribution in [0.5, 0.6) is 0 Å². The van der Waals surface area contributed by atoms with Crippen molar-refractivity contribution in [2.24, 2.45) is 0 Å². The van der Waals surface area contributed by atoms with Crippen LogP contribution in [0.1, 0.15) is 251 Å². The van der Waals surface area contributed by atoms with Gasteiger partial charge in [0, 0.05) is 12.8 Å². The fourth-order valence-electron chi connectivity index (χ4n) is 7.89. The average molecular weight is 959 g/mol. The molecule has 0 aromatic heterocycles. The maximum Gasteiger partial charge on any atom is 0.306 e. The Morgan fingerprint density at radius 1 is 0.441 bits per heavy atom. The van der Waals surface area contributed by atoms with Crippen LogP contribution in [0.15, 0.2) is 48.6 Å². The van der Waals surface area contributed by atoms with Crippen LogP contribution in [0.3, 0.4) is 0 Å². The first-order valence-electron chi connectivity index (χ1n) is 28.3. The van der Waals surface area contributed by atoms with E-state index in [0.717, 1.165) is 70.6 Å². The molecule has 0 fully saturated rings. The summed E-state index contributed by atoms with van der Waals surface area (Å²) in [7, 11) is 5.92. The predicted molar refractivity (Wildman–Crippen MR) is 283 cm³/mol. The molecule has 0 N–H and O–H groups in total. The minimum atomic E-state index is -1.62. The standard InChI is InChI=1S/C59H107NO8/c1-6-8-10-12-14-16-18-20-22-23-24-25-26-27-28-29-30-31-32-33-34-35-36-38-40-42-44-46-48-50-57(62)68-55(54-67-59(58(63)64)65-52-51-60(3,4)5)53-66-56(61)49-47-45-43-41-39-37-21-19-17-15-13-11-9-7-2/h18-21,23-24,26-27,55,59H,6-17,22,25,28-54H2,1-5H3/b20-18-,21-19-,24-23-,27-26-. The largest absolute Gasteiger partial charge is 0.545 e. The number of carboxylic acid groups (broad SMARTS) is 1. The fourth-order valence-corrected chi connectivity index (χ4v) is 7.89. The van der Waals surface area contributed by atoms with Gasteiger partial charge in [0.05, 0.1) is 40.3 Å². The van der Waals surface area contributed by atoms with Crippen molar-refractivity contribution in [3.8, 4) is 0 Å². The van der Waals surface area contributed by atoms with Gasteiger partial charge in [0.15, 0.2) is 12.4 Å². The number of nitrogens with zero attached hydrogens (tertiary/aromatic N) is 1. The number of rotatable bonds is 52. The summed E-state index contributed by atoms with van der Waals surface area (Å²) >= 11 is 0. The third kappa shape index (κ3) is 51.1. The number of carbonyl (C=O) groups excluding carboxylic acids is 3. The lowest BCUT2D eigenvalue weighted by Crippen LogP contribution is -2.44. The number of hydrogen-bond acceptors (Lipinski definition) is 8. The van der Waals surface area contributed by atoms with E-state index in [-0.39, 0.29) is 38.6 Å². The van der Waals surface area contributed by atoms with Crippen molar-refractivity contribution in [3.05, 3.63) is 48.6 Å². The van der Waals surface area contributed by atoms with Gasteiger partial charge in [-0.25, -0.2) is 0 Å². The van der Waals surface area contributed by atoms with Gasteiger partial charge in [-0.05, 0) is 77.0 Å². The molecular formula is C59H107NO8. The maximum absolute atomic E-state index is 12.8. The van der Waals surface area contributed by atoms with E-state index in [9.17, 15) is 19.5 Å². The third-order valence-corrected chi connectivity index (χ3v) is 12.3. The molecule has 396 valence electrons. The number of unbranched alkanes of at least 4 members (excludes halogenated alkanes) is 29. The van der Waals surface area contributed by atoms with Crippen molar-refractivity contribution in [2.45, 2.75) is 264 Å². The lowest BCUT2D eigenvalue weighted by atomic mass is 10.0. The number of quaternary nitrogens is 1. The summed E-state index contributed by atoms with van der Waals surface area (Å²) in [6.07, 6.45) is 58.7. The first-order chi connectivity index (χ1) is 33.1. The van der Waals surface area contributed by atoms with E-state index in [1.54, 1.807) is 0 Å². The summed E-state index contributed by atoms with van der Waals surface area (Å²) in [6, 6.07) is 0. The molecule has 68 heavy (non-hydrogen) atoms. The molecule has 2 atom stereocenters. The Hall–Kier alpha value is -2.75. The molecule has 0 rings (SSSR count). The lowest BCUT2D eigenvalue weighted by molar-refractivity contribution is -0.870. The number of allylic oxidation sites excluding steroid dienone is 8. The summed E-state index contributed by atoms with van der Waals surface area (Å²) in [6.45, 7) is 4.73. The molecule has 0 aliphatic rings. The molecular weight excluding hydrogens is 851 g/mol. The zero-order chi connectivity index (χ0) is 49.9. The van der Waals surface area contributed by atoms with Crippen LogP contribution in [0.25, 0.3) is 0 Å². The molecule has 0 radical (unpaired) electrons. The van der Waals surface area contributed by atoms with Gasteiger partial charge in [-0.2, -0.15) is 0 Å². The Labute approximate surface area is 419 Å². The Bertz CT molecular complexity index is 1250. The molecule has 0 spiro atoms. The first kappa shape index (κ1) is 65.2. The van der Waals surface area contributed by atoms with E-state index < -0.39 is 24.3 Å². The van der Waals surface area contributed by atoms with Crippen LogP contribution in [0.4, 0.5) is 0 Å². The number of esters is 2. The van der Waals surface area contributed by atoms with Crippen LogP contribution in [0.2, 0.25) is 0 Å². The number of ether oxygens (including phenoxy) is 4. The Balaban J connectivity index is 4.18. The second-order valence-corrected chi connectivity index (χ2v) is 20.2. The topological polar surface area (TPSA) is 111 Å². The minimum Gasteiger partial charge on any atom is -0.545 e. The van der Waals surface area contributed by atoms with Gasteiger partial charge in [0.25, 0.3) is 0 Å². The minimum absolute atomic E-state index is 0.146. The zero-order valence-electron chi connectivity index (χ0n) is 45.0. The number of carboxylic acids is 1. The Morgan fingerprint density at radius 2 is 0.794 bits per heavy atom. The second kappa shape index (κ2) is 50.6. The third-order valence-electron chi connectivity index (χ3n) is 12.3. The smallest absolute Gasteiger partial charge is 0.306 e. The molecule has 0 aliphatic carbocycles. The fraction of sp³-hybridized carbons (Fsp3) is 0.814. The van der Waals surface area contributed by atoms with E-state index in [4.69, 9.17) is 18.9 Å². The zero-order valence-corrected chi connectivity index (χ0v) is 45.0. The molecule has 0 heterocycles. The van der Waals surface area contributed by atoms with Crippen molar-refractivity contribution in [2.75, 3.05) is 47.5 Å². The Morgan fingerprint density at radius 3 is 1.19 bits per heavy atom. The van der Waals surface area contributed by atoms with E-state index in [1.807, 2.05) is 21.1 Å². The van der Waals surface area contributed by atoms with Crippen molar-refractivity contribution in [1.29, 1.82) is 0 Å². The van der Waals surface area contributed by atoms with Gasteiger partial charge in [-0.3, -0.25) is 9.59 Å². The second-order valence-electron chi connectivity index (χ2n) is 20.2. The maximum atomic E-state index is 12.8. The van der Waals surface area contributed by atoms with Crippen LogP contribution < -0.4 is 5.11 Å². The van der Waals surface area contributed by atoms with Gasteiger partial charge in [-0.15, -0.1) is 0 Å². The number of aliphatic carboxylic acids is 1. The van der Waals surface area contributed by atoms with Crippen molar-refractivity contribution < 1.29 is 42.9 Å². The molecule has 0 aromatic carbocycles. The number of likely N-dealkylation sites (N-methyl/N-ethyl adjacent to an activating group) is 1. The van der Waals surface area contributed by atoms with Gasteiger partial charge in [0.1, 0.15) is 13.2 Å². The highest BCUT2D eigenvalue weighted by molar-refractivity contribution is 5.70. The van der Waals surface area contributed by atoms with Gasteiger partial charge >= 0.3 is 11.9 Å². The molecule has 9 heteroatoms. The van der Waals surface area contributed by atoms with Gasteiger partial charge < -0.3 is 33.3 Å². The molecule has 0 aromatic rings. The normalized spacial score (nSPS) is 13.1. The van der Waals surface area contributed by atoms with Crippen LogP contribution in [-0.2, 0) is 33.3 Å². The molecule has 0 amide bonds. The number of carbonyl (C=O) groups is 3. The Kier molecular flexibility index (Phi) is 48.6. The van der Waals surface area contributed by atoms with Crippen molar-refractivity contribution in [1.82, 2.24) is 0 Å². The summed E-state index contributed by atoms with van der Waals surface area (Å²) in [5.74, 6) is -2.29. The number of hydrogen-bond donors (Lipinski definition) is 0. The highest BCUT2D eigenvalue weighted by atomic mass is 16.7. The SMILES string of the molecule is CCCCCCC/C=C\C/C=C\C/C=C\CCCCCCCCCCCCCCCCC(=O)OC(COC(=O)CCCCCCC/C=C\CCCCCCC)COC(OCC[N+](C)(C)C)C(=O)[O-]. The lowest BCUT2D eigenvalue weighted by Gasteiger charge is -2.26. The van der Waals surface area contributed by atoms with Crippen molar-refractivity contribution in [3.63, 3.8) is 0 Å². The summed E-state index contributed by atoms with van der Waals surface area (Å²) in [5.41, 5.74) is 0. The van der Waals surface area contributed by atoms with Crippen molar-refractivity contribution >= 4 is 17.9 Å². The van der Waals surface area contributed by atoms with Crippen LogP contribution in [0, 0.1) is 0 Å². The predicted octanol–water partition coefficient (Wildman–Crippen LogP) is 15.0. The van der Waals surface area contributed by atoms with Gasteiger partial charge in [-0.1, -0.05) is 210 Å². The highest BCUT2D eigenvalue weighted by Crippen LogP contribution is 2.16. The summed E-state index contributed by atoms with van der Waals surface area (Å²) in [4.78, 5) is 37.2. The van der Waals surface area contributed by atoms with E-state index in [2.05, 4.69) is 62.5 Å². The molecule has 0 saturated carbocycles. The van der Waals surface area contributed by atoms with Crippen LogP contribution >= 0.6 is 0 Å². The highest BCUT2D eigenvalue weighted by Gasteiger charge is 2.22. The van der Waals surface area contributed by atoms with Gasteiger partial charge in [0.2, 0.25) is 0 Å². The molecule has 9 nitrogen and oxygen atoms in total.